The summed E-state index contributed by atoms with van der Waals surface area (Å²) in [6.45, 7) is 6.03. The predicted octanol–water partition coefficient (Wildman–Crippen LogP) is 8.02. The molecule has 0 spiro atoms. The Labute approximate surface area is 266 Å². The Hall–Kier alpha value is -4.63. The van der Waals surface area contributed by atoms with Crippen molar-refractivity contribution in [2.75, 3.05) is 32.0 Å². The standard InChI is InChI=1S/C35H34FN4O5P/c1-35(2,42)15-17-40(46(5)43-4)27-20-29-26(30(33(41)37-3)31(44-29)21-11-13-24(36)14-12-21)19-25(27)22-8-6-9-23(18-22)34-39-32-28(45-34)10-7-16-38-32/h6-14,16,18-20,42H,15,17H2,1-5H3,(H,37,41). The molecule has 1 atom stereocenters. The molecule has 0 radical (unpaired) electrons. The molecule has 0 saturated carbocycles. The first kappa shape index (κ1) is 31.4. The zero-order valence-electron chi connectivity index (χ0n) is 26.2. The van der Waals surface area contributed by atoms with Gasteiger partial charge in [0.15, 0.2) is 11.2 Å². The third-order valence-corrected chi connectivity index (χ3v) is 9.39. The number of fused-ring (bicyclic) bond motifs is 2. The number of carbonyl (C=O) groups is 1. The van der Waals surface area contributed by atoms with Crippen molar-refractivity contribution in [1.82, 2.24) is 15.3 Å². The van der Waals surface area contributed by atoms with E-state index in [-0.39, 0.29) is 11.7 Å². The lowest BCUT2D eigenvalue weighted by atomic mass is 9.97. The van der Waals surface area contributed by atoms with Crippen molar-refractivity contribution in [2.45, 2.75) is 25.9 Å². The van der Waals surface area contributed by atoms with Crippen LogP contribution in [0.2, 0.25) is 0 Å². The van der Waals surface area contributed by atoms with Crippen molar-refractivity contribution >= 4 is 42.1 Å². The van der Waals surface area contributed by atoms with E-state index in [2.05, 4.69) is 20.0 Å². The van der Waals surface area contributed by atoms with Crippen LogP contribution < -0.4 is 9.99 Å². The number of aromatic nitrogens is 2. The molecule has 3 aromatic heterocycles. The molecular formula is C35H34FN4O5P. The van der Waals surface area contributed by atoms with Crippen LogP contribution >= 0.6 is 8.30 Å². The van der Waals surface area contributed by atoms with Gasteiger partial charge in [-0.15, -0.1) is 0 Å². The molecule has 3 heterocycles. The Kier molecular flexibility index (Phi) is 8.61. The van der Waals surface area contributed by atoms with E-state index < -0.39 is 13.9 Å². The highest BCUT2D eigenvalue weighted by Gasteiger charge is 2.28. The number of rotatable bonds is 10. The monoisotopic (exact) mass is 640 g/mol. The molecule has 0 aliphatic carbocycles. The largest absolute Gasteiger partial charge is 0.455 e. The number of nitrogens with one attached hydrogen (secondary N) is 1. The lowest BCUT2D eigenvalue weighted by molar-refractivity contribution is 0.0739. The minimum absolute atomic E-state index is 0.332. The number of aliphatic hydroxyl groups is 1. The molecule has 6 rings (SSSR count). The SMILES string of the molecule is CNC(=O)c1c(-c2ccc(F)cc2)oc2cc(N(CCC(C)(C)O)P(C)OC)c(-c3cccc(-c4nc5ncccc5o4)c3)cc12. The highest BCUT2D eigenvalue weighted by molar-refractivity contribution is 7.53. The van der Waals surface area contributed by atoms with Crippen LogP contribution in [-0.2, 0) is 4.52 Å². The average molecular weight is 641 g/mol. The van der Waals surface area contributed by atoms with Crippen LogP contribution in [0.25, 0.3) is 56.1 Å². The number of furan rings is 1. The molecule has 2 N–H and O–H groups in total. The van der Waals surface area contributed by atoms with Gasteiger partial charge in [-0.2, -0.15) is 4.98 Å². The summed E-state index contributed by atoms with van der Waals surface area (Å²) in [5.41, 5.74) is 4.76. The smallest absolute Gasteiger partial charge is 0.255 e. The highest BCUT2D eigenvalue weighted by Crippen LogP contribution is 2.48. The van der Waals surface area contributed by atoms with Crippen molar-refractivity contribution < 1.29 is 27.6 Å². The summed E-state index contributed by atoms with van der Waals surface area (Å²) >= 11 is 0. The third kappa shape index (κ3) is 6.24. The molecule has 11 heteroatoms. The first-order chi connectivity index (χ1) is 22.1. The zero-order chi connectivity index (χ0) is 32.6. The van der Waals surface area contributed by atoms with E-state index in [1.54, 1.807) is 52.4 Å². The van der Waals surface area contributed by atoms with Crippen LogP contribution in [0.5, 0.6) is 0 Å². The number of amides is 1. The molecule has 46 heavy (non-hydrogen) atoms. The van der Waals surface area contributed by atoms with Gasteiger partial charge in [0, 0.05) is 55.0 Å². The van der Waals surface area contributed by atoms with E-state index in [4.69, 9.17) is 13.4 Å². The van der Waals surface area contributed by atoms with Crippen LogP contribution in [0, 0.1) is 5.82 Å². The summed E-state index contributed by atoms with van der Waals surface area (Å²) in [5, 5.41) is 14.0. The first-order valence-electron chi connectivity index (χ1n) is 14.7. The van der Waals surface area contributed by atoms with Crippen LogP contribution in [0.15, 0.2) is 87.8 Å². The van der Waals surface area contributed by atoms with Crippen LogP contribution in [-0.4, -0.2) is 53.9 Å². The topological polar surface area (TPSA) is 114 Å². The van der Waals surface area contributed by atoms with Crippen molar-refractivity contribution in [3.8, 4) is 33.9 Å². The maximum absolute atomic E-state index is 13.8. The molecule has 0 aliphatic rings. The Morgan fingerprint density at radius 1 is 1.02 bits per heavy atom. The maximum atomic E-state index is 13.8. The highest BCUT2D eigenvalue weighted by atomic mass is 31.2. The average Bonchev–Trinajstić information content (AvgIpc) is 3.65. The molecule has 236 valence electrons. The zero-order valence-corrected chi connectivity index (χ0v) is 27.1. The molecule has 3 aromatic carbocycles. The van der Waals surface area contributed by atoms with Crippen LogP contribution in [0.1, 0.15) is 30.6 Å². The molecule has 1 unspecified atom stereocenters. The second kappa shape index (κ2) is 12.6. The van der Waals surface area contributed by atoms with Crippen LogP contribution in [0.3, 0.4) is 0 Å². The fraction of sp³-hybridized carbons (Fsp3) is 0.229. The fourth-order valence-corrected chi connectivity index (χ4v) is 6.38. The van der Waals surface area contributed by atoms with Crippen LogP contribution in [0.4, 0.5) is 10.1 Å². The van der Waals surface area contributed by atoms with Gasteiger partial charge in [-0.1, -0.05) is 12.1 Å². The summed E-state index contributed by atoms with van der Waals surface area (Å²) in [6, 6.07) is 21.1. The van der Waals surface area contributed by atoms with E-state index in [0.29, 0.717) is 57.9 Å². The quantitative estimate of drug-likeness (QED) is 0.145. The van der Waals surface area contributed by atoms with Gasteiger partial charge < -0.3 is 28.5 Å². The van der Waals surface area contributed by atoms with Gasteiger partial charge in [-0.25, -0.2) is 9.37 Å². The molecule has 0 bridgehead atoms. The van der Waals surface area contributed by atoms with Crippen molar-refractivity contribution in [2.24, 2.45) is 0 Å². The molecule has 0 saturated heterocycles. The van der Waals surface area contributed by atoms with Gasteiger partial charge in [0.2, 0.25) is 5.89 Å². The molecule has 1 amide bonds. The molecule has 0 aliphatic heterocycles. The Bertz CT molecular complexity index is 2000. The summed E-state index contributed by atoms with van der Waals surface area (Å²) in [6.07, 6.45) is 2.14. The van der Waals surface area contributed by atoms with E-state index in [1.807, 2.05) is 49.1 Å². The summed E-state index contributed by atoms with van der Waals surface area (Å²) in [4.78, 5) is 22.3. The van der Waals surface area contributed by atoms with Crippen molar-refractivity contribution in [3.05, 3.63) is 90.4 Å². The van der Waals surface area contributed by atoms with E-state index in [9.17, 15) is 14.3 Å². The number of hydrogen-bond acceptors (Lipinski definition) is 8. The van der Waals surface area contributed by atoms with Gasteiger partial charge in [0.05, 0.1) is 16.9 Å². The van der Waals surface area contributed by atoms with Gasteiger partial charge in [-0.3, -0.25) is 4.79 Å². The predicted molar refractivity (Wildman–Crippen MR) is 179 cm³/mol. The first-order valence-corrected chi connectivity index (χ1v) is 16.4. The summed E-state index contributed by atoms with van der Waals surface area (Å²) in [5.74, 6) is 0.0373. The number of nitrogens with zero attached hydrogens (tertiary/aromatic N) is 3. The van der Waals surface area contributed by atoms with Gasteiger partial charge in [0.25, 0.3) is 5.91 Å². The van der Waals surface area contributed by atoms with E-state index in [1.165, 1.54) is 12.1 Å². The number of anilines is 1. The van der Waals surface area contributed by atoms with Gasteiger partial charge in [0.1, 0.15) is 25.5 Å². The van der Waals surface area contributed by atoms with Crippen molar-refractivity contribution in [3.63, 3.8) is 0 Å². The molecule has 0 fully saturated rings. The second-order valence-corrected chi connectivity index (χ2v) is 13.3. The second-order valence-electron chi connectivity index (χ2n) is 11.5. The minimum Gasteiger partial charge on any atom is -0.455 e. The van der Waals surface area contributed by atoms with Gasteiger partial charge in [-0.05, 0) is 87.1 Å². The third-order valence-electron chi connectivity index (χ3n) is 7.77. The Morgan fingerprint density at radius 3 is 2.48 bits per heavy atom. The lowest BCUT2D eigenvalue weighted by Crippen LogP contribution is -2.28. The Morgan fingerprint density at radius 2 is 1.78 bits per heavy atom. The minimum atomic E-state index is -1.14. The number of oxazole rings is 1. The molecular weight excluding hydrogens is 606 g/mol. The summed E-state index contributed by atoms with van der Waals surface area (Å²) in [7, 11) is 2.08. The Balaban J connectivity index is 1.60. The molecule has 9 nitrogen and oxygen atoms in total. The lowest BCUT2D eigenvalue weighted by Gasteiger charge is -2.33. The number of halogens is 1. The van der Waals surface area contributed by atoms with E-state index >= 15 is 0 Å². The maximum Gasteiger partial charge on any atom is 0.255 e. The van der Waals surface area contributed by atoms with E-state index in [0.717, 1.165) is 22.4 Å². The summed E-state index contributed by atoms with van der Waals surface area (Å²) < 4.78 is 34.3. The van der Waals surface area contributed by atoms with Gasteiger partial charge >= 0.3 is 0 Å². The number of benzene rings is 3. The number of carbonyl (C=O) groups excluding carboxylic acids is 1. The fourth-order valence-electron chi connectivity index (χ4n) is 5.34. The normalized spacial score (nSPS) is 12.5. The number of hydrogen-bond donors (Lipinski definition) is 2. The molecule has 6 aromatic rings. The van der Waals surface area contributed by atoms with Crippen molar-refractivity contribution in [1.29, 1.82) is 0 Å². The number of pyridine rings is 1.